The van der Waals surface area contributed by atoms with Crippen LogP contribution in [0.2, 0.25) is 0 Å². The number of amides is 5. The molecule has 0 saturated carbocycles. The van der Waals surface area contributed by atoms with E-state index in [0.29, 0.717) is 37.2 Å². The first-order valence-corrected chi connectivity index (χ1v) is 20.2. The van der Waals surface area contributed by atoms with Crippen LogP contribution in [0.3, 0.4) is 0 Å². The average molecular weight is 839 g/mol. The van der Waals surface area contributed by atoms with Crippen LogP contribution in [0.15, 0.2) is 54.6 Å². The summed E-state index contributed by atoms with van der Waals surface area (Å²) in [6.45, 7) is 14.0. The van der Waals surface area contributed by atoms with Crippen molar-refractivity contribution in [3.63, 3.8) is 0 Å². The SMILES string of the molecule is CCOC(=O)CNC(=O)[C@H](Cc1ccccc1)NC(=O)C(Nc1ccc(C[C@H](NC(=O)[C@H](C)NC(=O)OC(C)(C)C)C(=O)OC)cc1)C1CCN(C(=O)OC(C)(C)C)CC1. The van der Waals surface area contributed by atoms with Crippen LogP contribution in [-0.4, -0.2) is 115 Å². The third-order valence-electron chi connectivity index (χ3n) is 9.22. The third-order valence-corrected chi connectivity index (χ3v) is 9.22. The number of piperidine rings is 1. The van der Waals surface area contributed by atoms with Gasteiger partial charge >= 0.3 is 24.1 Å². The molecule has 1 fully saturated rings. The predicted octanol–water partition coefficient (Wildman–Crippen LogP) is 3.63. The van der Waals surface area contributed by atoms with Crippen molar-refractivity contribution >= 4 is 47.5 Å². The van der Waals surface area contributed by atoms with Crippen molar-refractivity contribution in [1.82, 2.24) is 26.2 Å². The van der Waals surface area contributed by atoms with Crippen molar-refractivity contribution in [1.29, 1.82) is 0 Å². The summed E-state index contributed by atoms with van der Waals surface area (Å²) in [4.78, 5) is 92.3. The molecule has 0 aliphatic carbocycles. The molecule has 1 unspecified atom stereocenters. The second kappa shape index (κ2) is 22.5. The fraction of sp³-hybridized carbons (Fsp3) is 0.558. The van der Waals surface area contributed by atoms with Gasteiger partial charge in [-0.05, 0) is 97.4 Å². The molecule has 60 heavy (non-hydrogen) atoms. The Morgan fingerprint density at radius 1 is 0.733 bits per heavy atom. The lowest BCUT2D eigenvalue weighted by Crippen LogP contribution is -2.55. The van der Waals surface area contributed by atoms with Crippen molar-refractivity contribution in [2.24, 2.45) is 5.92 Å². The minimum absolute atomic E-state index is 0.0486. The number of nitrogens with zero attached hydrogens (tertiary/aromatic N) is 1. The maximum absolute atomic E-state index is 14.3. The summed E-state index contributed by atoms with van der Waals surface area (Å²) in [5.41, 5.74) is 0.541. The highest BCUT2D eigenvalue weighted by Gasteiger charge is 2.36. The van der Waals surface area contributed by atoms with Gasteiger partial charge in [-0.15, -0.1) is 0 Å². The lowest BCUT2D eigenvalue weighted by atomic mass is 9.88. The van der Waals surface area contributed by atoms with Gasteiger partial charge in [0, 0.05) is 31.6 Å². The number of nitrogens with one attached hydrogen (secondary N) is 5. The van der Waals surface area contributed by atoms with Gasteiger partial charge in [0.15, 0.2) is 0 Å². The van der Waals surface area contributed by atoms with Crippen LogP contribution in [0.5, 0.6) is 0 Å². The third kappa shape index (κ3) is 16.8. The Balaban J connectivity index is 1.83. The van der Waals surface area contributed by atoms with Crippen molar-refractivity contribution < 1.29 is 52.5 Å². The Morgan fingerprint density at radius 2 is 1.30 bits per heavy atom. The standard InChI is InChI=1S/C43H62N6O11/c1-10-58-34(50)26-44-37(52)32(24-28-14-12-11-13-15-28)47-38(53)35(30-20-22-49(23-21-30)41(56)60-43(6,7)8)46-31-18-16-29(17-19-31)25-33(39(54)57-9)48-36(51)27(2)45-40(55)59-42(3,4)5/h11-19,27,30,32-33,35,46H,10,20-26H2,1-9H3,(H,44,52)(H,45,55)(H,47,53)(H,48,51)/t27-,32-,33-,35?/m0/s1. The number of anilines is 1. The van der Waals surface area contributed by atoms with Crippen LogP contribution in [-0.2, 0) is 55.8 Å². The smallest absolute Gasteiger partial charge is 0.410 e. The Labute approximate surface area is 352 Å². The maximum Gasteiger partial charge on any atom is 0.410 e. The molecule has 4 atom stereocenters. The Morgan fingerprint density at radius 3 is 1.87 bits per heavy atom. The molecule has 1 heterocycles. The highest BCUT2D eigenvalue weighted by Crippen LogP contribution is 2.26. The van der Waals surface area contributed by atoms with Crippen LogP contribution in [0, 0.1) is 5.92 Å². The van der Waals surface area contributed by atoms with Gasteiger partial charge < -0.3 is 50.4 Å². The molecular formula is C43H62N6O11. The van der Waals surface area contributed by atoms with Crippen LogP contribution in [0.25, 0.3) is 0 Å². The zero-order valence-electron chi connectivity index (χ0n) is 36.2. The number of likely N-dealkylation sites (tertiary alicyclic amines) is 1. The molecule has 2 aromatic rings. The molecule has 0 aromatic heterocycles. The largest absolute Gasteiger partial charge is 0.467 e. The van der Waals surface area contributed by atoms with E-state index in [9.17, 15) is 33.6 Å². The Kier molecular flexibility index (Phi) is 18.2. The lowest BCUT2D eigenvalue weighted by molar-refractivity contribution is -0.145. The predicted molar refractivity (Wildman–Crippen MR) is 223 cm³/mol. The van der Waals surface area contributed by atoms with Gasteiger partial charge in [0.2, 0.25) is 17.7 Å². The van der Waals surface area contributed by atoms with Gasteiger partial charge in [-0.1, -0.05) is 42.5 Å². The molecule has 1 aliphatic heterocycles. The zero-order valence-corrected chi connectivity index (χ0v) is 36.2. The highest BCUT2D eigenvalue weighted by atomic mass is 16.6. The van der Waals surface area contributed by atoms with E-state index in [1.807, 2.05) is 30.3 Å². The minimum Gasteiger partial charge on any atom is -0.467 e. The summed E-state index contributed by atoms with van der Waals surface area (Å²) >= 11 is 0. The fourth-order valence-electron chi connectivity index (χ4n) is 6.29. The molecule has 5 N–H and O–H groups in total. The zero-order chi connectivity index (χ0) is 44.6. The molecule has 330 valence electrons. The van der Waals surface area contributed by atoms with Gasteiger partial charge in [-0.3, -0.25) is 19.2 Å². The lowest BCUT2D eigenvalue weighted by Gasteiger charge is -2.37. The summed E-state index contributed by atoms with van der Waals surface area (Å²) in [6.07, 6.45) is -0.139. The van der Waals surface area contributed by atoms with Crippen LogP contribution in [0.1, 0.15) is 79.4 Å². The monoisotopic (exact) mass is 838 g/mol. The van der Waals surface area contributed by atoms with E-state index < -0.39 is 77.2 Å². The van der Waals surface area contributed by atoms with Crippen molar-refractivity contribution in [3.05, 3.63) is 65.7 Å². The highest BCUT2D eigenvalue weighted by molar-refractivity contribution is 5.93. The minimum atomic E-state index is -1.09. The van der Waals surface area contributed by atoms with Crippen LogP contribution >= 0.6 is 0 Å². The van der Waals surface area contributed by atoms with E-state index in [1.54, 1.807) is 77.6 Å². The Hall–Kier alpha value is -5.87. The van der Waals surface area contributed by atoms with Gasteiger partial charge in [0.05, 0.1) is 13.7 Å². The molecule has 5 amide bonds. The molecule has 17 heteroatoms. The second-order valence-corrected chi connectivity index (χ2v) is 16.6. The van der Waals surface area contributed by atoms with Crippen LogP contribution in [0.4, 0.5) is 15.3 Å². The van der Waals surface area contributed by atoms with Crippen molar-refractivity contribution in [2.75, 3.05) is 38.7 Å². The summed E-state index contributed by atoms with van der Waals surface area (Å²) in [7, 11) is 1.20. The summed E-state index contributed by atoms with van der Waals surface area (Å²) in [6, 6.07) is 12.0. The van der Waals surface area contributed by atoms with E-state index in [-0.39, 0.29) is 31.9 Å². The number of hydrogen-bond acceptors (Lipinski definition) is 12. The maximum atomic E-state index is 14.3. The molecule has 0 radical (unpaired) electrons. The topological polar surface area (TPSA) is 220 Å². The van der Waals surface area contributed by atoms with E-state index in [0.717, 1.165) is 5.56 Å². The van der Waals surface area contributed by atoms with Gasteiger partial charge in [-0.2, -0.15) is 0 Å². The van der Waals surface area contributed by atoms with E-state index in [1.165, 1.54) is 14.0 Å². The number of benzene rings is 2. The van der Waals surface area contributed by atoms with Crippen LogP contribution < -0.4 is 26.6 Å². The number of alkyl carbamates (subject to hydrolysis) is 1. The molecule has 1 saturated heterocycles. The van der Waals surface area contributed by atoms with E-state index >= 15 is 0 Å². The molecule has 1 aliphatic rings. The number of ether oxygens (including phenoxy) is 4. The quantitative estimate of drug-likeness (QED) is 0.114. The average Bonchev–Trinajstić information content (AvgIpc) is 3.17. The first-order chi connectivity index (χ1) is 28.2. The summed E-state index contributed by atoms with van der Waals surface area (Å²) in [5, 5.41) is 13.9. The van der Waals surface area contributed by atoms with E-state index in [4.69, 9.17) is 18.9 Å². The number of rotatable bonds is 17. The summed E-state index contributed by atoms with van der Waals surface area (Å²) in [5.74, 6) is -3.24. The molecule has 2 aromatic carbocycles. The molecule has 0 bridgehead atoms. The van der Waals surface area contributed by atoms with Gasteiger partial charge in [0.1, 0.15) is 41.9 Å². The van der Waals surface area contributed by atoms with Gasteiger partial charge in [0.25, 0.3) is 0 Å². The normalized spacial score (nSPS) is 15.2. The number of esters is 2. The summed E-state index contributed by atoms with van der Waals surface area (Å²) < 4.78 is 20.7. The molecule has 0 spiro atoms. The number of hydrogen-bond donors (Lipinski definition) is 5. The molecule has 3 rings (SSSR count). The first-order valence-electron chi connectivity index (χ1n) is 20.2. The van der Waals surface area contributed by atoms with Crippen molar-refractivity contribution in [3.8, 4) is 0 Å². The fourth-order valence-corrected chi connectivity index (χ4v) is 6.29. The van der Waals surface area contributed by atoms with E-state index in [2.05, 4.69) is 26.6 Å². The number of carbonyl (C=O) groups excluding carboxylic acids is 7. The first kappa shape index (κ1) is 48.5. The molecular weight excluding hydrogens is 777 g/mol. The van der Waals surface area contributed by atoms with Gasteiger partial charge in [-0.25, -0.2) is 14.4 Å². The molecule has 17 nitrogen and oxygen atoms in total. The Bertz CT molecular complexity index is 1770. The second-order valence-electron chi connectivity index (χ2n) is 16.6. The van der Waals surface area contributed by atoms with Crippen molar-refractivity contribution in [2.45, 2.75) is 116 Å². The number of methoxy groups -OCH3 is 1. The number of carbonyl (C=O) groups is 7.